The number of hydrogen-bond acceptors (Lipinski definition) is 2. The number of ether oxygens (including phenoxy) is 1. The van der Waals surface area contributed by atoms with E-state index in [2.05, 4.69) is 21.2 Å². The van der Waals surface area contributed by atoms with Gasteiger partial charge in [-0.2, -0.15) is 0 Å². The Morgan fingerprint density at radius 1 is 1.29 bits per heavy atom. The Morgan fingerprint density at radius 3 is 2.76 bits per heavy atom. The zero-order valence-corrected chi connectivity index (χ0v) is 13.6. The monoisotopic (exact) mass is 365 g/mol. The third-order valence-corrected chi connectivity index (χ3v) is 3.56. The highest BCUT2D eigenvalue weighted by Crippen LogP contribution is 2.24. The summed E-state index contributed by atoms with van der Waals surface area (Å²) in [6.07, 6.45) is 3.13. The van der Waals surface area contributed by atoms with Crippen molar-refractivity contribution < 1.29 is 9.53 Å². The van der Waals surface area contributed by atoms with E-state index in [0.717, 1.165) is 10.0 Å². The van der Waals surface area contributed by atoms with Crippen LogP contribution in [0.25, 0.3) is 6.08 Å². The van der Waals surface area contributed by atoms with Gasteiger partial charge in [-0.05, 0) is 36.4 Å². The SMILES string of the molecule is COc1ccc(Br)cc1C=CC(=O)Nc1ccccc1Cl. The van der Waals surface area contributed by atoms with Crippen LogP contribution in [-0.2, 0) is 4.79 Å². The number of carbonyl (C=O) groups excluding carboxylic acids is 1. The van der Waals surface area contributed by atoms with Crippen molar-refractivity contribution in [2.75, 3.05) is 12.4 Å². The molecule has 0 bridgehead atoms. The number of nitrogens with one attached hydrogen (secondary N) is 1. The van der Waals surface area contributed by atoms with Crippen molar-refractivity contribution >= 4 is 45.2 Å². The van der Waals surface area contributed by atoms with E-state index < -0.39 is 0 Å². The quantitative estimate of drug-likeness (QED) is 0.792. The van der Waals surface area contributed by atoms with E-state index in [1.807, 2.05) is 24.3 Å². The van der Waals surface area contributed by atoms with Crippen LogP contribution in [0.3, 0.4) is 0 Å². The Bertz CT molecular complexity index is 686. The van der Waals surface area contributed by atoms with Crippen molar-refractivity contribution in [3.8, 4) is 5.75 Å². The van der Waals surface area contributed by atoms with E-state index >= 15 is 0 Å². The zero-order chi connectivity index (χ0) is 15.2. The molecule has 1 N–H and O–H groups in total. The lowest BCUT2D eigenvalue weighted by atomic mass is 10.2. The minimum Gasteiger partial charge on any atom is -0.496 e. The molecule has 0 spiro atoms. The van der Waals surface area contributed by atoms with Crippen molar-refractivity contribution in [1.82, 2.24) is 0 Å². The predicted octanol–water partition coefficient (Wildman–Crippen LogP) is 4.76. The number of para-hydroxylation sites is 1. The van der Waals surface area contributed by atoms with Crippen LogP contribution in [-0.4, -0.2) is 13.0 Å². The molecule has 2 aromatic carbocycles. The van der Waals surface area contributed by atoms with Crippen LogP contribution in [0.15, 0.2) is 53.0 Å². The van der Waals surface area contributed by atoms with Crippen LogP contribution in [0.2, 0.25) is 5.02 Å². The highest BCUT2D eigenvalue weighted by Gasteiger charge is 2.04. The van der Waals surface area contributed by atoms with Crippen LogP contribution in [0.5, 0.6) is 5.75 Å². The first kappa shape index (κ1) is 15.6. The summed E-state index contributed by atoms with van der Waals surface area (Å²) < 4.78 is 6.16. The van der Waals surface area contributed by atoms with E-state index in [1.54, 1.807) is 31.4 Å². The van der Waals surface area contributed by atoms with Gasteiger partial charge in [0.05, 0.1) is 17.8 Å². The Labute approximate surface area is 136 Å². The van der Waals surface area contributed by atoms with E-state index in [-0.39, 0.29) is 5.91 Å². The molecule has 5 heteroatoms. The third kappa shape index (κ3) is 4.34. The van der Waals surface area contributed by atoms with Crippen LogP contribution >= 0.6 is 27.5 Å². The summed E-state index contributed by atoms with van der Waals surface area (Å²) in [5.41, 5.74) is 1.39. The Hall–Kier alpha value is -1.78. The lowest BCUT2D eigenvalue weighted by Gasteiger charge is -2.06. The topological polar surface area (TPSA) is 38.3 Å². The molecule has 1 amide bonds. The van der Waals surface area contributed by atoms with Gasteiger partial charge >= 0.3 is 0 Å². The van der Waals surface area contributed by atoms with Crippen LogP contribution in [0, 0.1) is 0 Å². The van der Waals surface area contributed by atoms with Gasteiger partial charge in [0.2, 0.25) is 5.91 Å². The van der Waals surface area contributed by atoms with E-state index in [4.69, 9.17) is 16.3 Å². The number of halogens is 2. The first-order valence-corrected chi connectivity index (χ1v) is 7.34. The number of anilines is 1. The molecule has 0 aromatic heterocycles. The van der Waals surface area contributed by atoms with Crippen molar-refractivity contribution in [1.29, 1.82) is 0 Å². The van der Waals surface area contributed by atoms with Crippen LogP contribution < -0.4 is 10.1 Å². The lowest BCUT2D eigenvalue weighted by Crippen LogP contribution is -2.08. The van der Waals surface area contributed by atoms with Gasteiger partial charge in [0.15, 0.2) is 0 Å². The van der Waals surface area contributed by atoms with Gasteiger partial charge in [-0.15, -0.1) is 0 Å². The zero-order valence-electron chi connectivity index (χ0n) is 11.3. The number of carbonyl (C=O) groups is 1. The molecule has 108 valence electrons. The first-order chi connectivity index (χ1) is 10.1. The summed E-state index contributed by atoms with van der Waals surface area (Å²) in [5.74, 6) is 0.435. The summed E-state index contributed by atoms with van der Waals surface area (Å²) in [6, 6.07) is 12.7. The van der Waals surface area contributed by atoms with Gasteiger partial charge in [-0.25, -0.2) is 0 Å². The van der Waals surface area contributed by atoms with Gasteiger partial charge in [0, 0.05) is 16.1 Å². The standard InChI is InChI=1S/C16H13BrClNO2/c1-21-15-8-7-12(17)10-11(15)6-9-16(20)19-14-5-3-2-4-13(14)18/h2-10H,1H3,(H,19,20). The maximum absolute atomic E-state index is 11.9. The van der Waals surface area contributed by atoms with Gasteiger partial charge in [-0.3, -0.25) is 4.79 Å². The van der Waals surface area contributed by atoms with Crippen molar-refractivity contribution in [3.63, 3.8) is 0 Å². The third-order valence-electron chi connectivity index (χ3n) is 2.74. The highest BCUT2D eigenvalue weighted by molar-refractivity contribution is 9.10. The van der Waals surface area contributed by atoms with Crippen LogP contribution in [0.4, 0.5) is 5.69 Å². The molecule has 0 aliphatic heterocycles. The Kier molecular flexibility index (Phi) is 5.42. The molecule has 21 heavy (non-hydrogen) atoms. The van der Waals surface area contributed by atoms with Crippen LogP contribution in [0.1, 0.15) is 5.56 Å². The minimum absolute atomic E-state index is 0.259. The number of amides is 1. The lowest BCUT2D eigenvalue weighted by molar-refractivity contribution is -0.111. The number of hydrogen-bond donors (Lipinski definition) is 1. The largest absolute Gasteiger partial charge is 0.496 e. The molecule has 0 aliphatic rings. The molecular weight excluding hydrogens is 354 g/mol. The normalized spacial score (nSPS) is 10.6. The average Bonchev–Trinajstić information content (AvgIpc) is 2.48. The molecule has 0 aliphatic carbocycles. The summed E-state index contributed by atoms with van der Waals surface area (Å²) in [7, 11) is 1.59. The summed E-state index contributed by atoms with van der Waals surface area (Å²) in [5, 5.41) is 3.22. The molecule has 3 nitrogen and oxygen atoms in total. The smallest absolute Gasteiger partial charge is 0.248 e. The van der Waals surface area contributed by atoms with Crippen molar-refractivity contribution in [3.05, 3.63) is 63.6 Å². The molecule has 0 saturated heterocycles. The Balaban J connectivity index is 2.12. The predicted molar refractivity (Wildman–Crippen MR) is 89.8 cm³/mol. The molecular formula is C16H13BrClNO2. The molecule has 0 fully saturated rings. The average molecular weight is 367 g/mol. The second-order valence-electron chi connectivity index (χ2n) is 4.19. The molecule has 0 unspecified atom stereocenters. The minimum atomic E-state index is -0.259. The summed E-state index contributed by atoms with van der Waals surface area (Å²) >= 11 is 9.38. The van der Waals surface area contributed by atoms with E-state index in [0.29, 0.717) is 16.5 Å². The fourth-order valence-electron chi connectivity index (χ4n) is 1.74. The molecule has 2 aromatic rings. The van der Waals surface area contributed by atoms with Crippen molar-refractivity contribution in [2.24, 2.45) is 0 Å². The summed E-state index contributed by atoms with van der Waals surface area (Å²) in [6.45, 7) is 0. The van der Waals surface area contributed by atoms with Gasteiger partial charge in [-0.1, -0.05) is 39.7 Å². The number of benzene rings is 2. The van der Waals surface area contributed by atoms with E-state index in [9.17, 15) is 4.79 Å². The molecule has 0 saturated carbocycles. The molecule has 2 rings (SSSR count). The van der Waals surface area contributed by atoms with Gasteiger partial charge < -0.3 is 10.1 Å². The van der Waals surface area contributed by atoms with E-state index in [1.165, 1.54) is 6.08 Å². The number of methoxy groups -OCH3 is 1. The maximum Gasteiger partial charge on any atom is 0.248 e. The van der Waals surface area contributed by atoms with Gasteiger partial charge in [0.1, 0.15) is 5.75 Å². The highest BCUT2D eigenvalue weighted by atomic mass is 79.9. The fourth-order valence-corrected chi connectivity index (χ4v) is 2.30. The second-order valence-corrected chi connectivity index (χ2v) is 5.51. The fraction of sp³-hybridized carbons (Fsp3) is 0.0625. The summed E-state index contributed by atoms with van der Waals surface area (Å²) in [4.78, 5) is 11.9. The van der Waals surface area contributed by atoms with Gasteiger partial charge in [0.25, 0.3) is 0 Å². The second kappa shape index (κ2) is 7.29. The molecule has 0 atom stereocenters. The van der Waals surface area contributed by atoms with Crippen molar-refractivity contribution in [2.45, 2.75) is 0 Å². The maximum atomic E-state index is 11.9. The first-order valence-electron chi connectivity index (χ1n) is 6.17. The molecule has 0 radical (unpaired) electrons. The molecule has 0 heterocycles. The Morgan fingerprint density at radius 2 is 2.05 bits per heavy atom. The number of rotatable bonds is 4.